The Balaban J connectivity index is 2.67. The van der Waals surface area contributed by atoms with Crippen molar-refractivity contribution in [2.45, 2.75) is 33.6 Å². The zero-order valence-electron chi connectivity index (χ0n) is 9.96. The van der Waals surface area contributed by atoms with E-state index >= 15 is 0 Å². The second-order valence-electron chi connectivity index (χ2n) is 4.27. The fourth-order valence-corrected chi connectivity index (χ4v) is 1.72. The zero-order chi connectivity index (χ0) is 11.3. The lowest BCUT2D eigenvalue weighted by molar-refractivity contribution is 0.619. The van der Waals surface area contributed by atoms with Crippen LogP contribution in [0.5, 0.6) is 0 Å². The third-order valence-corrected chi connectivity index (χ3v) is 2.64. The molecular formula is C14H21N. The number of hydrogen-bond acceptors (Lipinski definition) is 1. The van der Waals surface area contributed by atoms with Crippen LogP contribution in [0.25, 0.3) is 0 Å². The maximum atomic E-state index is 5.71. The molecule has 0 aromatic heterocycles. The van der Waals surface area contributed by atoms with Crippen LogP contribution in [0.3, 0.4) is 0 Å². The fourth-order valence-electron chi connectivity index (χ4n) is 1.72. The van der Waals surface area contributed by atoms with Gasteiger partial charge in [0.05, 0.1) is 0 Å². The minimum absolute atomic E-state index is 0.567. The van der Waals surface area contributed by atoms with Gasteiger partial charge in [-0.2, -0.15) is 0 Å². The minimum atomic E-state index is 0.567. The van der Waals surface area contributed by atoms with Crippen LogP contribution in [-0.2, 0) is 6.42 Å². The highest BCUT2D eigenvalue weighted by molar-refractivity contribution is 5.22. The molecule has 1 unspecified atom stereocenters. The summed E-state index contributed by atoms with van der Waals surface area (Å²) < 4.78 is 0. The van der Waals surface area contributed by atoms with Crippen LogP contribution in [0.15, 0.2) is 36.0 Å². The van der Waals surface area contributed by atoms with Crippen molar-refractivity contribution in [2.24, 2.45) is 11.7 Å². The van der Waals surface area contributed by atoms with Crippen LogP contribution < -0.4 is 5.73 Å². The highest BCUT2D eigenvalue weighted by Crippen LogP contribution is 2.15. The molecule has 0 aliphatic heterocycles. The fraction of sp³-hybridized carbons (Fsp3) is 0.429. The van der Waals surface area contributed by atoms with E-state index in [0.717, 1.165) is 18.5 Å². The van der Waals surface area contributed by atoms with E-state index in [1.165, 1.54) is 11.1 Å². The molecule has 1 aromatic rings. The van der Waals surface area contributed by atoms with E-state index < -0.39 is 0 Å². The van der Waals surface area contributed by atoms with Crippen LogP contribution in [0.4, 0.5) is 0 Å². The van der Waals surface area contributed by atoms with Gasteiger partial charge in [0.15, 0.2) is 0 Å². The van der Waals surface area contributed by atoms with E-state index in [2.05, 4.69) is 44.2 Å². The highest BCUT2D eigenvalue weighted by atomic mass is 14.5. The smallest absolute Gasteiger partial charge is 0.00113 e. The summed E-state index contributed by atoms with van der Waals surface area (Å²) in [6.45, 7) is 6.28. The molecule has 0 aliphatic carbocycles. The molecule has 0 fully saturated rings. The van der Waals surface area contributed by atoms with E-state index in [4.69, 9.17) is 5.73 Å². The quantitative estimate of drug-likeness (QED) is 0.797. The Morgan fingerprint density at radius 3 is 2.40 bits per heavy atom. The van der Waals surface area contributed by atoms with E-state index in [1.807, 2.05) is 6.92 Å². The van der Waals surface area contributed by atoms with Crippen molar-refractivity contribution in [3.05, 3.63) is 47.2 Å². The van der Waals surface area contributed by atoms with Gasteiger partial charge in [0.25, 0.3) is 0 Å². The summed E-state index contributed by atoms with van der Waals surface area (Å²) in [7, 11) is 0. The SMILES string of the molecule is CCC(/C=C(/C)N)Cc1ccc(C)cc1. The lowest BCUT2D eigenvalue weighted by Crippen LogP contribution is -2.03. The molecule has 1 nitrogen and oxygen atoms in total. The molecule has 0 heterocycles. The van der Waals surface area contributed by atoms with E-state index in [1.54, 1.807) is 0 Å². The Morgan fingerprint density at radius 1 is 1.33 bits per heavy atom. The predicted octanol–water partition coefficient (Wildman–Crippen LogP) is 3.43. The lowest BCUT2D eigenvalue weighted by Gasteiger charge is -2.11. The first kappa shape index (κ1) is 11.8. The average Bonchev–Trinajstić information content (AvgIpc) is 2.19. The van der Waals surface area contributed by atoms with Gasteiger partial charge in [-0.1, -0.05) is 42.8 Å². The van der Waals surface area contributed by atoms with Gasteiger partial charge in [0.2, 0.25) is 0 Å². The van der Waals surface area contributed by atoms with Crippen molar-refractivity contribution in [3.8, 4) is 0 Å². The second kappa shape index (κ2) is 5.59. The average molecular weight is 203 g/mol. The standard InChI is InChI=1S/C14H21N/c1-4-13(9-12(3)15)10-14-7-5-11(2)6-8-14/h5-9,13H,4,10,15H2,1-3H3/b12-9-. The topological polar surface area (TPSA) is 26.0 Å². The molecule has 0 amide bonds. The highest BCUT2D eigenvalue weighted by Gasteiger charge is 2.04. The summed E-state index contributed by atoms with van der Waals surface area (Å²) in [5.74, 6) is 0.567. The van der Waals surface area contributed by atoms with Crippen molar-refractivity contribution >= 4 is 0 Å². The Kier molecular flexibility index (Phi) is 4.41. The van der Waals surface area contributed by atoms with E-state index in [9.17, 15) is 0 Å². The number of hydrogen-bond donors (Lipinski definition) is 1. The van der Waals surface area contributed by atoms with Gasteiger partial charge >= 0.3 is 0 Å². The van der Waals surface area contributed by atoms with Gasteiger partial charge in [-0.15, -0.1) is 0 Å². The monoisotopic (exact) mass is 203 g/mol. The molecule has 1 atom stereocenters. The van der Waals surface area contributed by atoms with Crippen LogP contribution in [0.1, 0.15) is 31.4 Å². The summed E-state index contributed by atoms with van der Waals surface area (Å²) in [5.41, 5.74) is 9.34. The van der Waals surface area contributed by atoms with Gasteiger partial charge in [-0.25, -0.2) is 0 Å². The molecule has 0 spiro atoms. The molecule has 0 bridgehead atoms. The van der Waals surface area contributed by atoms with Crippen LogP contribution in [0, 0.1) is 12.8 Å². The molecule has 1 heteroatoms. The molecular weight excluding hydrogens is 182 g/mol. The van der Waals surface area contributed by atoms with Gasteiger partial charge < -0.3 is 5.73 Å². The van der Waals surface area contributed by atoms with Gasteiger partial charge in [0.1, 0.15) is 0 Å². The van der Waals surface area contributed by atoms with Gasteiger partial charge in [0, 0.05) is 5.70 Å². The second-order valence-corrected chi connectivity index (χ2v) is 4.27. The van der Waals surface area contributed by atoms with Crippen molar-refractivity contribution in [1.29, 1.82) is 0 Å². The number of benzene rings is 1. The molecule has 1 aromatic carbocycles. The zero-order valence-corrected chi connectivity index (χ0v) is 9.96. The first-order valence-corrected chi connectivity index (χ1v) is 5.61. The van der Waals surface area contributed by atoms with Crippen LogP contribution >= 0.6 is 0 Å². The lowest BCUT2D eigenvalue weighted by atomic mass is 9.95. The third-order valence-electron chi connectivity index (χ3n) is 2.64. The van der Waals surface area contributed by atoms with E-state index in [0.29, 0.717) is 5.92 Å². The Morgan fingerprint density at radius 2 is 1.93 bits per heavy atom. The first-order valence-electron chi connectivity index (χ1n) is 5.61. The molecule has 0 saturated carbocycles. The van der Waals surface area contributed by atoms with E-state index in [-0.39, 0.29) is 0 Å². The normalized spacial score (nSPS) is 13.9. The molecule has 0 radical (unpaired) electrons. The largest absolute Gasteiger partial charge is 0.403 e. The molecule has 2 N–H and O–H groups in total. The Bertz CT molecular complexity index is 318. The summed E-state index contributed by atoms with van der Waals surface area (Å²) in [5, 5.41) is 0. The van der Waals surface area contributed by atoms with Crippen molar-refractivity contribution in [1.82, 2.24) is 0 Å². The number of nitrogens with two attached hydrogens (primary N) is 1. The van der Waals surface area contributed by atoms with Crippen LogP contribution in [-0.4, -0.2) is 0 Å². The summed E-state index contributed by atoms with van der Waals surface area (Å²) in [6, 6.07) is 8.75. The van der Waals surface area contributed by atoms with Crippen LogP contribution in [0.2, 0.25) is 0 Å². The molecule has 82 valence electrons. The summed E-state index contributed by atoms with van der Waals surface area (Å²) in [6.07, 6.45) is 4.40. The number of aryl methyl sites for hydroxylation is 1. The van der Waals surface area contributed by atoms with Crippen molar-refractivity contribution < 1.29 is 0 Å². The Labute approximate surface area is 93.0 Å². The maximum absolute atomic E-state index is 5.71. The third kappa shape index (κ3) is 4.20. The van der Waals surface area contributed by atoms with Crippen molar-refractivity contribution in [3.63, 3.8) is 0 Å². The molecule has 0 saturated heterocycles. The first-order chi connectivity index (χ1) is 7.11. The molecule has 0 aliphatic rings. The summed E-state index contributed by atoms with van der Waals surface area (Å²) >= 11 is 0. The maximum Gasteiger partial charge on any atom is 0.00113 e. The Hall–Kier alpha value is -1.24. The minimum Gasteiger partial charge on any atom is -0.403 e. The van der Waals surface area contributed by atoms with Crippen molar-refractivity contribution in [2.75, 3.05) is 0 Å². The van der Waals surface area contributed by atoms with Gasteiger partial charge in [-0.05, 0) is 38.2 Å². The molecule has 1 rings (SSSR count). The number of rotatable bonds is 4. The molecule has 15 heavy (non-hydrogen) atoms. The number of allylic oxidation sites excluding steroid dienone is 2. The predicted molar refractivity (Wildman–Crippen MR) is 66.6 cm³/mol. The summed E-state index contributed by atoms with van der Waals surface area (Å²) in [4.78, 5) is 0. The van der Waals surface area contributed by atoms with Gasteiger partial charge in [-0.3, -0.25) is 0 Å².